The molecule has 0 aromatic heterocycles. The first kappa shape index (κ1) is 12.3. The van der Waals surface area contributed by atoms with Crippen LogP contribution in [0.1, 0.15) is 42.7 Å². The molecule has 2 rings (SSSR count). The van der Waals surface area contributed by atoms with Crippen LogP contribution in [-0.2, 0) is 16.0 Å². The molecule has 0 fully saturated rings. The predicted molar refractivity (Wildman–Crippen MR) is 68.2 cm³/mol. The largest absolute Gasteiger partial charge is 0.384 e. The topological polar surface area (TPSA) is 26.3 Å². The molecule has 0 heterocycles. The second kappa shape index (κ2) is 5.97. The summed E-state index contributed by atoms with van der Waals surface area (Å²) in [6.07, 6.45) is 4.75. The van der Waals surface area contributed by atoms with Crippen LogP contribution in [0.5, 0.6) is 0 Å². The van der Waals surface area contributed by atoms with Crippen LogP contribution < -0.4 is 0 Å². The molecule has 0 N–H and O–H groups in total. The van der Waals surface area contributed by atoms with Gasteiger partial charge in [0.2, 0.25) is 0 Å². The van der Waals surface area contributed by atoms with Gasteiger partial charge in [-0.1, -0.05) is 24.3 Å². The maximum absolute atomic E-state index is 11.8. The number of ketones is 1. The van der Waals surface area contributed by atoms with E-state index in [0.717, 1.165) is 6.42 Å². The van der Waals surface area contributed by atoms with Crippen LogP contribution in [-0.4, -0.2) is 19.5 Å². The van der Waals surface area contributed by atoms with Crippen molar-refractivity contribution < 1.29 is 9.53 Å². The molecule has 2 heteroatoms. The standard InChI is InChI=1S/C15H20O2/c1-17-10-9-14(16)11-13-7-4-6-12-5-2-3-8-15(12)13/h2-3,5,8,13H,4,6-7,9-11H2,1H3. The first-order valence-corrected chi connectivity index (χ1v) is 6.39. The number of rotatable bonds is 5. The second-order valence-corrected chi connectivity index (χ2v) is 4.77. The monoisotopic (exact) mass is 232 g/mol. The fourth-order valence-corrected chi connectivity index (χ4v) is 2.66. The van der Waals surface area contributed by atoms with E-state index in [1.54, 1.807) is 7.11 Å². The number of fused-ring (bicyclic) bond motifs is 1. The summed E-state index contributed by atoms with van der Waals surface area (Å²) in [5, 5.41) is 0. The Kier molecular flexibility index (Phi) is 4.32. The van der Waals surface area contributed by atoms with Gasteiger partial charge in [-0.15, -0.1) is 0 Å². The van der Waals surface area contributed by atoms with E-state index in [4.69, 9.17) is 4.74 Å². The highest BCUT2D eigenvalue weighted by Gasteiger charge is 2.21. The minimum absolute atomic E-state index is 0.327. The van der Waals surface area contributed by atoms with Gasteiger partial charge in [-0.3, -0.25) is 4.79 Å². The van der Waals surface area contributed by atoms with Gasteiger partial charge in [-0.05, 0) is 36.3 Å². The summed E-state index contributed by atoms with van der Waals surface area (Å²) in [5.74, 6) is 0.762. The van der Waals surface area contributed by atoms with Crippen LogP contribution in [0.2, 0.25) is 0 Å². The molecule has 0 radical (unpaired) electrons. The van der Waals surface area contributed by atoms with E-state index in [1.165, 1.54) is 24.0 Å². The van der Waals surface area contributed by atoms with Crippen molar-refractivity contribution in [2.24, 2.45) is 0 Å². The number of Topliss-reactive ketones (excluding diaryl/α,β-unsaturated/α-hetero) is 1. The van der Waals surface area contributed by atoms with Crippen LogP contribution in [0.25, 0.3) is 0 Å². The van der Waals surface area contributed by atoms with Crippen LogP contribution >= 0.6 is 0 Å². The van der Waals surface area contributed by atoms with E-state index < -0.39 is 0 Å². The van der Waals surface area contributed by atoms with E-state index in [0.29, 0.717) is 31.1 Å². The lowest BCUT2D eigenvalue weighted by Gasteiger charge is -2.24. The van der Waals surface area contributed by atoms with Crippen molar-refractivity contribution in [3.63, 3.8) is 0 Å². The quantitative estimate of drug-likeness (QED) is 0.779. The lowest BCUT2D eigenvalue weighted by atomic mass is 9.80. The maximum Gasteiger partial charge on any atom is 0.135 e. The zero-order chi connectivity index (χ0) is 12.1. The van der Waals surface area contributed by atoms with E-state index >= 15 is 0 Å². The fraction of sp³-hybridized carbons (Fsp3) is 0.533. The molecule has 1 aromatic rings. The number of hydrogen-bond acceptors (Lipinski definition) is 2. The molecule has 0 bridgehead atoms. The van der Waals surface area contributed by atoms with Gasteiger partial charge in [-0.25, -0.2) is 0 Å². The molecule has 17 heavy (non-hydrogen) atoms. The third kappa shape index (κ3) is 3.16. The summed E-state index contributed by atoms with van der Waals surface area (Å²) >= 11 is 0. The Labute approximate surface area is 103 Å². The van der Waals surface area contributed by atoms with Gasteiger partial charge in [0.05, 0.1) is 6.61 Å². The second-order valence-electron chi connectivity index (χ2n) is 4.77. The summed E-state index contributed by atoms with van der Waals surface area (Å²) < 4.78 is 4.95. The predicted octanol–water partition coefficient (Wildman–Crippen LogP) is 3.10. The molecule has 0 spiro atoms. The molecule has 0 amide bonds. The van der Waals surface area contributed by atoms with E-state index in [2.05, 4.69) is 24.3 Å². The van der Waals surface area contributed by atoms with Gasteiger partial charge in [0.1, 0.15) is 5.78 Å². The highest BCUT2D eigenvalue weighted by Crippen LogP contribution is 2.34. The van der Waals surface area contributed by atoms with Crippen LogP contribution in [0.3, 0.4) is 0 Å². The minimum atomic E-state index is 0.327. The number of aryl methyl sites for hydroxylation is 1. The third-order valence-electron chi connectivity index (χ3n) is 3.55. The SMILES string of the molecule is COCCC(=O)CC1CCCc2ccccc21. The molecule has 92 valence electrons. The molecule has 1 atom stereocenters. The lowest BCUT2D eigenvalue weighted by Crippen LogP contribution is -2.14. The molecule has 1 aliphatic carbocycles. The third-order valence-corrected chi connectivity index (χ3v) is 3.55. The minimum Gasteiger partial charge on any atom is -0.384 e. The Balaban J connectivity index is 2.01. The number of hydrogen-bond donors (Lipinski definition) is 0. The summed E-state index contributed by atoms with van der Waals surface area (Å²) in [6.45, 7) is 0.549. The normalized spacial score (nSPS) is 18.8. The van der Waals surface area contributed by atoms with Crippen LogP contribution in [0.4, 0.5) is 0 Å². The number of methoxy groups -OCH3 is 1. The summed E-state index contributed by atoms with van der Waals surface area (Å²) in [6, 6.07) is 8.55. The molecule has 0 saturated heterocycles. The van der Waals surface area contributed by atoms with E-state index in [9.17, 15) is 4.79 Å². The number of ether oxygens (including phenoxy) is 1. The molecule has 1 aromatic carbocycles. The summed E-state index contributed by atoms with van der Waals surface area (Å²) in [5.41, 5.74) is 2.83. The Morgan fingerprint density at radius 2 is 2.24 bits per heavy atom. The van der Waals surface area contributed by atoms with E-state index in [1.807, 2.05) is 0 Å². The molecule has 2 nitrogen and oxygen atoms in total. The van der Waals surface area contributed by atoms with Crippen LogP contribution in [0.15, 0.2) is 24.3 Å². The number of carbonyl (C=O) groups is 1. The Morgan fingerprint density at radius 1 is 1.41 bits per heavy atom. The van der Waals surface area contributed by atoms with Gasteiger partial charge in [0.15, 0.2) is 0 Å². The highest BCUT2D eigenvalue weighted by molar-refractivity contribution is 5.79. The van der Waals surface area contributed by atoms with E-state index in [-0.39, 0.29) is 0 Å². The zero-order valence-electron chi connectivity index (χ0n) is 10.4. The van der Waals surface area contributed by atoms with Crippen molar-refractivity contribution in [1.29, 1.82) is 0 Å². The van der Waals surface area contributed by atoms with Crippen LogP contribution in [0, 0.1) is 0 Å². The molecule has 0 aliphatic heterocycles. The average Bonchev–Trinajstić information content (AvgIpc) is 2.37. The van der Waals surface area contributed by atoms with Gasteiger partial charge >= 0.3 is 0 Å². The highest BCUT2D eigenvalue weighted by atomic mass is 16.5. The van der Waals surface area contributed by atoms with Gasteiger partial charge in [0.25, 0.3) is 0 Å². The van der Waals surface area contributed by atoms with Crippen molar-refractivity contribution in [2.75, 3.05) is 13.7 Å². The molecular formula is C15H20O2. The van der Waals surface area contributed by atoms with Crippen molar-refractivity contribution >= 4 is 5.78 Å². The number of carbonyl (C=O) groups excluding carboxylic acids is 1. The first-order chi connectivity index (χ1) is 8.31. The maximum atomic E-state index is 11.8. The van der Waals surface area contributed by atoms with Crippen molar-refractivity contribution in [3.05, 3.63) is 35.4 Å². The summed E-state index contributed by atoms with van der Waals surface area (Å²) in [4.78, 5) is 11.8. The first-order valence-electron chi connectivity index (χ1n) is 6.39. The molecular weight excluding hydrogens is 212 g/mol. The van der Waals surface area contributed by atoms with Gasteiger partial charge in [-0.2, -0.15) is 0 Å². The Morgan fingerprint density at radius 3 is 3.06 bits per heavy atom. The fourth-order valence-electron chi connectivity index (χ4n) is 2.66. The van der Waals surface area contributed by atoms with Gasteiger partial charge in [0, 0.05) is 20.0 Å². The van der Waals surface area contributed by atoms with Crippen molar-refractivity contribution in [2.45, 2.75) is 38.0 Å². The Hall–Kier alpha value is -1.15. The molecule has 1 aliphatic rings. The van der Waals surface area contributed by atoms with Crippen molar-refractivity contribution in [3.8, 4) is 0 Å². The molecule has 0 saturated carbocycles. The smallest absolute Gasteiger partial charge is 0.135 e. The summed E-state index contributed by atoms with van der Waals surface area (Å²) in [7, 11) is 1.64. The van der Waals surface area contributed by atoms with Crippen molar-refractivity contribution in [1.82, 2.24) is 0 Å². The zero-order valence-corrected chi connectivity index (χ0v) is 10.4. The van der Waals surface area contributed by atoms with Gasteiger partial charge < -0.3 is 4.74 Å². The Bertz CT molecular complexity index is 384. The average molecular weight is 232 g/mol. The molecule has 1 unspecified atom stereocenters. The number of benzene rings is 1. The lowest BCUT2D eigenvalue weighted by molar-refractivity contribution is -0.120.